The maximum absolute atomic E-state index is 14.8. The predicted octanol–water partition coefficient (Wildman–Crippen LogP) is 3.54. The van der Waals surface area contributed by atoms with Crippen LogP contribution in [-0.4, -0.2) is 52.1 Å². The number of nitrogens with one attached hydrogen (secondary N) is 2. The second kappa shape index (κ2) is 7.98. The first-order chi connectivity index (χ1) is 15.7. The van der Waals surface area contributed by atoms with E-state index in [1.807, 2.05) is 6.07 Å². The second-order valence-corrected chi connectivity index (χ2v) is 8.42. The van der Waals surface area contributed by atoms with E-state index in [1.54, 1.807) is 4.98 Å². The third-order valence-electron chi connectivity index (χ3n) is 6.39. The highest BCUT2D eigenvalue weighted by molar-refractivity contribution is 5.94. The quantitative estimate of drug-likeness (QED) is 0.580. The molecule has 2 fully saturated rings. The number of aromatic nitrogens is 3. The number of halogens is 4. The maximum Gasteiger partial charge on any atom is 0.431 e. The topological polar surface area (TPSA) is 91.1 Å². The highest BCUT2D eigenvalue weighted by atomic mass is 19.4. The first-order valence-electron chi connectivity index (χ1n) is 10.6. The summed E-state index contributed by atoms with van der Waals surface area (Å²) in [5, 5.41) is 0.709. The van der Waals surface area contributed by atoms with E-state index in [1.165, 1.54) is 11.1 Å². The Bertz CT molecular complexity index is 1270. The Kier molecular flexibility index (Phi) is 5.23. The molecule has 0 radical (unpaired) electrons. The van der Waals surface area contributed by atoms with Crippen LogP contribution in [0.3, 0.4) is 0 Å². The lowest BCUT2D eigenvalue weighted by Crippen LogP contribution is -2.40. The number of hydrogen-bond donors (Lipinski definition) is 2. The van der Waals surface area contributed by atoms with Crippen molar-refractivity contribution in [2.24, 2.45) is 0 Å². The number of likely N-dealkylation sites (tertiary alicyclic amines) is 1. The Morgan fingerprint density at radius 2 is 1.85 bits per heavy atom. The minimum atomic E-state index is -4.71. The molecular formula is C22H20F4N4O3. The molecule has 0 spiro atoms. The van der Waals surface area contributed by atoms with Gasteiger partial charge in [0.1, 0.15) is 22.7 Å². The van der Waals surface area contributed by atoms with Crippen LogP contribution in [0.5, 0.6) is 0 Å². The largest absolute Gasteiger partial charge is 0.431 e. The summed E-state index contributed by atoms with van der Waals surface area (Å²) in [4.78, 5) is 35.3. The molecule has 2 saturated heterocycles. The van der Waals surface area contributed by atoms with Crippen molar-refractivity contribution >= 4 is 16.9 Å². The van der Waals surface area contributed by atoms with Gasteiger partial charge in [0.2, 0.25) is 0 Å². The number of piperidine rings is 1. The molecule has 7 nitrogen and oxygen atoms in total. The second-order valence-electron chi connectivity index (χ2n) is 8.42. The van der Waals surface area contributed by atoms with Crippen LogP contribution in [-0.2, 0) is 10.9 Å². The molecule has 33 heavy (non-hydrogen) atoms. The normalized spacial score (nSPS) is 18.0. The van der Waals surface area contributed by atoms with Crippen LogP contribution in [0, 0.1) is 5.82 Å². The molecule has 3 aromatic rings. The van der Waals surface area contributed by atoms with E-state index < -0.39 is 29.2 Å². The van der Waals surface area contributed by atoms with Gasteiger partial charge in [0.25, 0.3) is 11.5 Å². The fraction of sp³-hybridized carbons (Fsp3) is 0.409. The number of aromatic amines is 2. The van der Waals surface area contributed by atoms with Crippen molar-refractivity contribution in [3.63, 3.8) is 0 Å². The Balaban J connectivity index is 1.34. The number of carbonyl (C=O) groups excluding carboxylic acids is 1. The van der Waals surface area contributed by atoms with Crippen LogP contribution in [0.15, 0.2) is 29.2 Å². The molecule has 2 N–H and O–H groups in total. The number of alkyl halides is 3. The summed E-state index contributed by atoms with van der Waals surface area (Å²) < 4.78 is 58.3. The lowest BCUT2D eigenvalue weighted by molar-refractivity contribution is -0.141. The molecule has 0 atom stereocenters. The van der Waals surface area contributed by atoms with Crippen molar-refractivity contribution in [2.45, 2.75) is 30.9 Å². The minimum absolute atomic E-state index is 0.160. The van der Waals surface area contributed by atoms with Crippen LogP contribution in [0.1, 0.15) is 52.0 Å². The molecule has 3 aromatic heterocycles. The Morgan fingerprint density at radius 1 is 1.12 bits per heavy atom. The molecular weight excluding hydrogens is 444 g/mol. The van der Waals surface area contributed by atoms with E-state index in [0.29, 0.717) is 48.7 Å². The zero-order chi connectivity index (χ0) is 23.3. The smallest absolute Gasteiger partial charge is 0.380 e. The van der Waals surface area contributed by atoms with Gasteiger partial charge in [0.15, 0.2) is 0 Å². The Hall–Kier alpha value is -3.21. The molecule has 5 heterocycles. The molecule has 0 saturated carbocycles. The highest BCUT2D eigenvalue weighted by Gasteiger charge is 2.34. The van der Waals surface area contributed by atoms with Gasteiger partial charge in [-0.05, 0) is 37.0 Å². The summed E-state index contributed by atoms with van der Waals surface area (Å²) in [5.41, 5.74) is -0.551. The first kappa shape index (κ1) is 21.6. The third kappa shape index (κ3) is 3.90. The lowest BCUT2D eigenvalue weighted by Gasteiger charge is -2.32. The summed E-state index contributed by atoms with van der Waals surface area (Å²) in [6.45, 7) is 1.71. The third-order valence-corrected chi connectivity index (χ3v) is 6.39. The van der Waals surface area contributed by atoms with Gasteiger partial charge < -0.3 is 19.6 Å². The van der Waals surface area contributed by atoms with Gasteiger partial charge in [-0.1, -0.05) is 0 Å². The summed E-state index contributed by atoms with van der Waals surface area (Å²) in [6.07, 6.45) is -2.61. The molecule has 0 aliphatic carbocycles. The maximum atomic E-state index is 14.8. The fourth-order valence-corrected chi connectivity index (χ4v) is 4.49. The van der Waals surface area contributed by atoms with E-state index in [0.717, 1.165) is 11.8 Å². The van der Waals surface area contributed by atoms with Gasteiger partial charge in [0.05, 0.1) is 19.4 Å². The van der Waals surface area contributed by atoms with Crippen LogP contribution in [0.4, 0.5) is 17.6 Å². The summed E-state index contributed by atoms with van der Waals surface area (Å²) in [7, 11) is 0. The number of amides is 1. The molecule has 0 unspecified atom stereocenters. The van der Waals surface area contributed by atoms with Crippen LogP contribution in [0.25, 0.3) is 11.0 Å². The summed E-state index contributed by atoms with van der Waals surface area (Å²) in [5.74, 6) is -0.984. The molecule has 11 heteroatoms. The number of H-pyrrole nitrogens is 2. The van der Waals surface area contributed by atoms with E-state index in [4.69, 9.17) is 4.74 Å². The SMILES string of the molecule is O=C(c1ccc(C(F)(F)F)[nH]c1=O)N1CCC(c2c(F)cnc3[nH]c(C4COC4)cc23)CC1. The van der Waals surface area contributed by atoms with Gasteiger partial charge >= 0.3 is 6.18 Å². The van der Waals surface area contributed by atoms with E-state index >= 15 is 0 Å². The monoisotopic (exact) mass is 464 g/mol. The van der Waals surface area contributed by atoms with Crippen molar-refractivity contribution < 1.29 is 27.1 Å². The van der Waals surface area contributed by atoms with E-state index in [9.17, 15) is 27.2 Å². The first-order valence-corrected chi connectivity index (χ1v) is 10.6. The minimum Gasteiger partial charge on any atom is -0.380 e. The average Bonchev–Trinajstić information content (AvgIpc) is 3.14. The Morgan fingerprint density at radius 3 is 2.45 bits per heavy atom. The molecule has 0 bridgehead atoms. The Labute approximate surface area is 184 Å². The molecule has 0 aromatic carbocycles. The summed E-state index contributed by atoms with van der Waals surface area (Å²) >= 11 is 0. The number of carbonyl (C=O) groups is 1. The van der Waals surface area contributed by atoms with Gasteiger partial charge in [-0.25, -0.2) is 9.37 Å². The molecule has 5 rings (SSSR count). The van der Waals surface area contributed by atoms with Crippen LogP contribution >= 0.6 is 0 Å². The molecule has 2 aliphatic heterocycles. The number of fused-ring (bicyclic) bond motifs is 1. The van der Waals surface area contributed by atoms with Gasteiger partial charge in [-0.2, -0.15) is 13.2 Å². The van der Waals surface area contributed by atoms with Crippen LogP contribution < -0.4 is 5.56 Å². The van der Waals surface area contributed by atoms with E-state index in [2.05, 4.69) is 9.97 Å². The number of pyridine rings is 2. The average molecular weight is 464 g/mol. The number of hydrogen-bond acceptors (Lipinski definition) is 4. The number of nitrogens with zero attached hydrogens (tertiary/aromatic N) is 2. The molecule has 174 valence electrons. The number of rotatable bonds is 3. The van der Waals surface area contributed by atoms with Crippen molar-refractivity contribution in [3.8, 4) is 0 Å². The lowest BCUT2D eigenvalue weighted by atomic mass is 9.87. The predicted molar refractivity (Wildman–Crippen MR) is 110 cm³/mol. The standard InChI is InChI=1S/C22H20F4N4O3/c23-15-8-27-19-14(7-16(28-19)12-9-33-10-12)18(15)11-3-5-30(6-4-11)21(32)13-1-2-17(22(24,25)26)29-20(13)31/h1-2,7-8,11-12H,3-6,9-10H2,(H,27,28)(H,29,31). The van der Waals surface area contributed by atoms with Gasteiger partial charge in [0, 0.05) is 35.7 Å². The van der Waals surface area contributed by atoms with Crippen molar-refractivity contribution in [3.05, 3.63) is 63.1 Å². The summed E-state index contributed by atoms with van der Waals surface area (Å²) in [6, 6.07) is 3.49. The van der Waals surface area contributed by atoms with Crippen LogP contribution in [0.2, 0.25) is 0 Å². The molecule has 1 amide bonds. The van der Waals surface area contributed by atoms with E-state index in [-0.39, 0.29) is 30.5 Å². The number of ether oxygens (including phenoxy) is 1. The zero-order valence-corrected chi connectivity index (χ0v) is 17.3. The van der Waals surface area contributed by atoms with Crippen molar-refractivity contribution in [2.75, 3.05) is 26.3 Å². The van der Waals surface area contributed by atoms with Crippen molar-refractivity contribution in [1.29, 1.82) is 0 Å². The van der Waals surface area contributed by atoms with Crippen molar-refractivity contribution in [1.82, 2.24) is 19.9 Å². The van der Waals surface area contributed by atoms with Gasteiger partial charge in [-0.15, -0.1) is 0 Å². The molecule has 2 aliphatic rings. The zero-order valence-electron chi connectivity index (χ0n) is 17.3. The van der Waals surface area contributed by atoms with Gasteiger partial charge in [-0.3, -0.25) is 9.59 Å². The fourth-order valence-electron chi connectivity index (χ4n) is 4.49. The highest BCUT2D eigenvalue weighted by Crippen LogP contribution is 2.36.